The number of carbonyl (C=O) groups excluding carboxylic acids is 1. The Morgan fingerprint density at radius 3 is 2.62 bits per heavy atom. The highest BCUT2D eigenvalue weighted by Crippen LogP contribution is 2.27. The summed E-state index contributed by atoms with van der Waals surface area (Å²) >= 11 is 0. The number of nitrogens with one attached hydrogen (secondary N) is 1. The van der Waals surface area contributed by atoms with E-state index >= 15 is 0 Å². The molecule has 29 heavy (non-hydrogen) atoms. The summed E-state index contributed by atoms with van der Waals surface area (Å²) < 4.78 is 12.3. The molecule has 0 unspecified atom stereocenters. The third-order valence-corrected chi connectivity index (χ3v) is 4.31. The van der Waals surface area contributed by atoms with Crippen molar-refractivity contribution in [2.75, 3.05) is 20.8 Å². The summed E-state index contributed by atoms with van der Waals surface area (Å²) in [5, 5.41) is 11.0. The number of rotatable bonds is 9. The highest BCUT2D eigenvalue weighted by molar-refractivity contribution is 5.91. The summed E-state index contributed by atoms with van der Waals surface area (Å²) in [7, 11) is 3.20. The fraction of sp³-hybridized carbons (Fsp3) is 0.227. The van der Waals surface area contributed by atoms with Crippen LogP contribution >= 0.6 is 0 Å². The number of nitrogens with zero attached hydrogens (tertiary/aromatic N) is 3. The van der Waals surface area contributed by atoms with Crippen LogP contribution in [0.15, 0.2) is 60.8 Å². The Balaban J connectivity index is 1.46. The van der Waals surface area contributed by atoms with Crippen molar-refractivity contribution >= 4 is 12.0 Å². The third kappa shape index (κ3) is 5.93. The molecule has 1 N–H and O–H groups in total. The van der Waals surface area contributed by atoms with Crippen molar-refractivity contribution in [1.29, 1.82) is 0 Å². The van der Waals surface area contributed by atoms with Crippen molar-refractivity contribution in [1.82, 2.24) is 20.3 Å². The van der Waals surface area contributed by atoms with Gasteiger partial charge in [-0.2, -0.15) is 0 Å². The Morgan fingerprint density at radius 2 is 1.86 bits per heavy atom. The summed E-state index contributed by atoms with van der Waals surface area (Å²) in [6, 6.07) is 15.7. The van der Waals surface area contributed by atoms with Gasteiger partial charge in [-0.05, 0) is 35.8 Å². The molecule has 0 saturated carbocycles. The fourth-order valence-electron chi connectivity index (χ4n) is 2.82. The Morgan fingerprint density at radius 1 is 1.07 bits per heavy atom. The molecule has 1 heterocycles. The van der Waals surface area contributed by atoms with Gasteiger partial charge in [-0.1, -0.05) is 41.6 Å². The van der Waals surface area contributed by atoms with E-state index in [0.29, 0.717) is 36.7 Å². The van der Waals surface area contributed by atoms with E-state index < -0.39 is 0 Å². The Kier molecular flexibility index (Phi) is 7.00. The number of benzene rings is 2. The van der Waals surface area contributed by atoms with E-state index in [9.17, 15) is 4.79 Å². The van der Waals surface area contributed by atoms with Crippen molar-refractivity contribution in [3.8, 4) is 11.5 Å². The molecule has 0 spiro atoms. The van der Waals surface area contributed by atoms with Crippen LogP contribution in [0.25, 0.3) is 6.08 Å². The van der Waals surface area contributed by atoms with Crippen LogP contribution in [-0.2, 0) is 17.8 Å². The zero-order valence-electron chi connectivity index (χ0n) is 16.5. The second kappa shape index (κ2) is 10.1. The molecule has 3 aromatic rings. The Labute approximate surface area is 170 Å². The van der Waals surface area contributed by atoms with Crippen LogP contribution in [0.3, 0.4) is 0 Å². The first-order valence-electron chi connectivity index (χ1n) is 9.29. The molecule has 0 radical (unpaired) electrons. The maximum Gasteiger partial charge on any atom is 0.244 e. The van der Waals surface area contributed by atoms with Crippen LogP contribution in [0.1, 0.15) is 16.8 Å². The maximum absolute atomic E-state index is 12.0. The molecular formula is C22H24N4O3. The second-order valence-corrected chi connectivity index (χ2v) is 6.39. The van der Waals surface area contributed by atoms with Gasteiger partial charge in [0.25, 0.3) is 0 Å². The molecule has 0 aliphatic carbocycles. The molecule has 0 atom stereocenters. The van der Waals surface area contributed by atoms with Crippen LogP contribution in [0.5, 0.6) is 11.5 Å². The predicted molar refractivity (Wildman–Crippen MR) is 111 cm³/mol. The molecule has 3 rings (SSSR count). The van der Waals surface area contributed by atoms with Gasteiger partial charge in [0.05, 0.1) is 27.0 Å². The molecule has 7 nitrogen and oxygen atoms in total. The van der Waals surface area contributed by atoms with Crippen molar-refractivity contribution in [3.63, 3.8) is 0 Å². The largest absolute Gasteiger partial charge is 0.493 e. The highest BCUT2D eigenvalue weighted by atomic mass is 16.5. The van der Waals surface area contributed by atoms with Crippen LogP contribution < -0.4 is 14.8 Å². The van der Waals surface area contributed by atoms with Crippen molar-refractivity contribution < 1.29 is 14.3 Å². The van der Waals surface area contributed by atoms with Crippen molar-refractivity contribution in [2.24, 2.45) is 0 Å². The average Bonchev–Trinajstić information content (AvgIpc) is 3.20. The van der Waals surface area contributed by atoms with E-state index in [1.165, 1.54) is 6.08 Å². The van der Waals surface area contributed by atoms with Gasteiger partial charge in [-0.3, -0.25) is 4.79 Å². The monoisotopic (exact) mass is 392 g/mol. The molecule has 1 aromatic heterocycles. The van der Waals surface area contributed by atoms with Crippen LogP contribution in [0.2, 0.25) is 0 Å². The minimum atomic E-state index is -0.178. The van der Waals surface area contributed by atoms with Gasteiger partial charge in [0, 0.05) is 12.6 Å². The fourth-order valence-corrected chi connectivity index (χ4v) is 2.82. The van der Waals surface area contributed by atoms with Gasteiger partial charge >= 0.3 is 0 Å². The molecule has 1 amide bonds. The lowest BCUT2D eigenvalue weighted by Gasteiger charge is -2.09. The van der Waals surface area contributed by atoms with Crippen LogP contribution in [0.4, 0.5) is 0 Å². The van der Waals surface area contributed by atoms with E-state index in [0.717, 1.165) is 11.1 Å². The Bertz CT molecular complexity index is 967. The van der Waals surface area contributed by atoms with E-state index in [1.54, 1.807) is 31.2 Å². The molecule has 7 heteroatoms. The topological polar surface area (TPSA) is 78.3 Å². The van der Waals surface area contributed by atoms with Crippen molar-refractivity contribution in [3.05, 3.63) is 77.6 Å². The average molecular weight is 392 g/mol. The van der Waals surface area contributed by atoms with Gasteiger partial charge < -0.3 is 14.8 Å². The second-order valence-electron chi connectivity index (χ2n) is 6.39. The number of hydrogen-bond acceptors (Lipinski definition) is 5. The SMILES string of the molecule is COc1ccc(CCNC(=O)/C=C/c2cn(Cc3ccccc3)nn2)cc1OC. The van der Waals surface area contributed by atoms with E-state index in [2.05, 4.69) is 15.6 Å². The van der Waals surface area contributed by atoms with E-state index in [4.69, 9.17) is 9.47 Å². The zero-order valence-corrected chi connectivity index (χ0v) is 16.5. The third-order valence-electron chi connectivity index (χ3n) is 4.31. The van der Waals surface area contributed by atoms with Gasteiger partial charge in [-0.25, -0.2) is 4.68 Å². The first-order chi connectivity index (χ1) is 14.2. The number of ether oxygens (including phenoxy) is 2. The van der Waals surface area contributed by atoms with Gasteiger partial charge in [0.1, 0.15) is 5.69 Å². The number of hydrogen-bond donors (Lipinski definition) is 1. The minimum absolute atomic E-state index is 0.178. The summed E-state index contributed by atoms with van der Waals surface area (Å²) in [5.41, 5.74) is 2.83. The lowest BCUT2D eigenvalue weighted by Crippen LogP contribution is -2.23. The van der Waals surface area contributed by atoms with Crippen molar-refractivity contribution in [2.45, 2.75) is 13.0 Å². The molecule has 0 aliphatic heterocycles. The Hall–Kier alpha value is -3.61. The van der Waals surface area contributed by atoms with Crippen LogP contribution in [0, 0.1) is 0 Å². The molecule has 0 bridgehead atoms. The first-order valence-corrected chi connectivity index (χ1v) is 9.29. The maximum atomic E-state index is 12.0. The molecule has 0 aliphatic rings. The molecule has 0 saturated heterocycles. The van der Waals surface area contributed by atoms with Gasteiger partial charge in [-0.15, -0.1) is 5.10 Å². The number of methoxy groups -OCH3 is 2. The van der Waals surface area contributed by atoms with Gasteiger partial charge in [0.15, 0.2) is 11.5 Å². The van der Waals surface area contributed by atoms with Gasteiger partial charge in [0.2, 0.25) is 5.91 Å². The smallest absolute Gasteiger partial charge is 0.244 e. The molecule has 2 aromatic carbocycles. The van der Waals surface area contributed by atoms with E-state index in [-0.39, 0.29) is 5.91 Å². The van der Waals surface area contributed by atoms with Crippen LogP contribution in [-0.4, -0.2) is 41.7 Å². The lowest BCUT2D eigenvalue weighted by molar-refractivity contribution is -0.116. The molecule has 150 valence electrons. The highest BCUT2D eigenvalue weighted by Gasteiger charge is 2.05. The van der Waals surface area contributed by atoms with E-state index in [1.807, 2.05) is 48.5 Å². The summed E-state index contributed by atoms with van der Waals surface area (Å²) in [5.74, 6) is 1.18. The standard InChI is InChI=1S/C22H24N4O3/c1-28-20-10-8-17(14-21(20)29-2)12-13-23-22(27)11-9-19-16-26(25-24-19)15-18-6-4-3-5-7-18/h3-11,14,16H,12-13,15H2,1-2H3,(H,23,27)/b11-9+. The molecule has 0 fully saturated rings. The molecular weight excluding hydrogens is 368 g/mol. The minimum Gasteiger partial charge on any atom is -0.493 e. The summed E-state index contributed by atoms with van der Waals surface area (Å²) in [6.07, 6.45) is 5.61. The quantitative estimate of drug-likeness (QED) is 0.567. The number of carbonyl (C=O) groups is 1. The normalized spacial score (nSPS) is 10.8. The lowest BCUT2D eigenvalue weighted by atomic mass is 10.1. The number of aromatic nitrogens is 3. The zero-order chi connectivity index (χ0) is 20.5. The number of amides is 1. The summed E-state index contributed by atoms with van der Waals surface area (Å²) in [4.78, 5) is 12.0. The summed E-state index contributed by atoms with van der Waals surface area (Å²) in [6.45, 7) is 1.15. The first kappa shape index (κ1) is 20.1. The predicted octanol–water partition coefficient (Wildman–Crippen LogP) is 2.72.